The molecule has 1 fully saturated rings. The molecule has 0 saturated carbocycles. The molecule has 0 spiro atoms. The number of ether oxygens (including phenoxy) is 1. The second kappa shape index (κ2) is 4.29. The lowest BCUT2D eigenvalue weighted by Gasteiger charge is -2.37. The third-order valence-electron chi connectivity index (χ3n) is 2.67. The van der Waals surface area contributed by atoms with Crippen LogP contribution in [0.15, 0.2) is 23.1 Å². The predicted molar refractivity (Wildman–Crippen MR) is 63.8 cm³/mol. The largest absolute Gasteiger partial charge is 0.496 e. The van der Waals surface area contributed by atoms with Crippen molar-refractivity contribution in [2.24, 2.45) is 0 Å². The predicted octanol–water partition coefficient (Wildman–Crippen LogP) is 1.17. The molecule has 0 aromatic heterocycles. The molecule has 0 bridgehead atoms. The summed E-state index contributed by atoms with van der Waals surface area (Å²) in [6.07, 6.45) is 0.0449. The van der Waals surface area contributed by atoms with E-state index >= 15 is 0 Å². The number of β-lactam (4-membered cyclic amide) rings is 1. The van der Waals surface area contributed by atoms with Gasteiger partial charge < -0.3 is 9.84 Å². The molecular formula is C11H11NO4S. The lowest BCUT2D eigenvalue weighted by Crippen LogP contribution is -2.57. The minimum atomic E-state index is -0.999. The SMILES string of the molecule is COc1ccc(N2C(=O)CC2C(=O)O)cc1S. The standard InChI is InChI=1S/C11H11NO4S/c1-16-8-3-2-6(4-9(8)17)12-7(11(14)15)5-10(12)13/h2-4,7,17H,5H2,1H3,(H,14,15). The molecule has 0 aliphatic carbocycles. The lowest BCUT2D eigenvalue weighted by molar-refractivity contribution is -0.145. The molecule has 0 radical (unpaired) electrons. The number of benzene rings is 1. The number of carbonyl (C=O) groups is 2. The van der Waals surface area contributed by atoms with Gasteiger partial charge in [-0.3, -0.25) is 9.69 Å². The first-order valence-electron chi connectivity index (χ1n) is 4.96. The van der Waals surface area contributed by atoms with Gasteiger partial charge in [0, 0.05) is 10.6 Å². The van der Waals surface area contributed by atoms with Gasteiger partial charge in [0.1, 0.15) is 11.8 Å². The average Bonchev–Trinajstić information content (AvgIpc) is 2.25. The van der Waals surface area contributed by atoms with E-state index in [1.807, 2.05) is 0 Å². The van der Waals surface area contributed by atoms with Gasteiger partial charge in [0.15, 0.2) is 0 Å². The Hall–Kier alpha value is -1.69. The smallest absolute Gasteiger partial charge is 0.327 e. The molecule has 1 amide bonds. The fourth-order valence-electron chi connectivity index (χ4n) is 1.77. The van der Waals surface area contributed by atoms with E-state index in [1.54, 1.807) is 18.2 Å². The van der Waals surface area contributed by atoms with Crippen molar-refractivity contribution in [3.05, 3.63) is 18.2 Å². The van der Waals surface area contributed by atoms with Crippen molar-refractivity contribution >= 4 is 30.2 Å². The van der Waals surface area contributed by atoms with Gasteiger partial charge in [0.05, 0.1) is 13.5 Å². The van der Waals surface area contributed by atoms with Crippen molar-refractivity contribution < 1.29 is 19.4 Å². The summed E-state index contributed by atoms with van der Waals surface area (Å²) >= 11 is 4.21. The van der Waals surface area contributed by atoms with E-state index in [2.05, 4.69) is 12.6 Å². The van der Waals surface area contributed by atoms with Gasteiger partial charge in [0.2, 0.25) is 5.91 Å². The number of carboxylic acid groups (broad SMARTS) is 1. The molecule has 1 aliphatic rings. The van der Waals surface area contributed by atoms with Gasteiger partial charge >= 0.3 is 5.97 Å². The quantitative estimate of drug-likeness (QED) is 0.627. The molecule has 6 heteroatoms. The maximum absolute atomic E-state index is 11.4. The average molecular weight is 253 g/mol. The van der Waals surface area contributed by atoms with Crippen LogP contribution in [0, 0.1) is 0 Å². The van der Waals surface area contributed by atoms with Crippen LogP contribution in [0.25, 0.3) is 0 Å². The Kier molecular flexibility index (Phi) is 2.97. The van der Waals surface area contributed by atoms with Crippen molar-refractivity contribution in [3.63, 3.8) is 0 Å². The normalized spacial score (nSPS) is 18.8. The Morgan fingerprint density at radius 3 is 2.76 bits per heavy atom. The van der Waals surface area contributed by atoms with E-state index in [0.717, 1.165) is 0 Å². The molecule has 1 aromatic rings. The van der Waals surface area contributed by atoms with Crippen molar-refractivity contribution in [1.82, 2.24) is 0 Å². The van der Waals surface area contributed by atoms with Crippen molar-refractivity contribution in [1.29, 1.82) is 0 Å². The number of methoxy groups -OCH3 is 1. The van der Waals surface area contributed by atoms with Gasteiger partial charge in [-0.15, -0.1) is 12.6 Å². The highest BCUT2D eigenvalue weighted by molar-refractivity contribution is 7.80. The first-order chi connectivity index (χ1) is 8.04. The van der Waals surface area contributed by atoms with Crippen molar-refractivity contribution in [3.8, 4) is 5.75 Å². The summed E-state index contributed by atoms with van der Waals surface area (Å²) in [5.41, 5.74) is 0.527. The zero-order valence-corrected chi connectivity index (χ0v) is 9.98. The minimum Gasteiger partial charge on any atom is -0.496 e. The van der Waals surface area contributed by atoms with Gasteiger partial charge in [-0.25, -0.2) is 4.79 Å². The maximum Gasteiger partial charge on any atom is 0.327 e. The van der Waals surface area contributed by atoms with E-state index in [-0.39, 0.29) is 12.3 Å². The molecule has 5 nitrogen and oxygen atoms in total. The first kappa shape index (κ1) is 11.8. The van der Waals surface area contributed by atoms with Crippen LogP contribution in [0.4, 0.5) is 5.69 Å². The highest BCUT2D eigenvalue weighted by Gasteiger charge is 2.42. The van der Waals surface area contributed by atoms with Crippen LogP contribution in [0.2, 0.25) is 0 Å². The summed E-state index contributed by atoms with van der Waals surface area (Å²) in [6.45, 7) is 0. The van der Waals surface area contributed by atoms with E-state index in [4.69, 9.17) is 9.84 Å². The van der Waals surface area contributed by atoms with Crippen LogP contribution in [0.3, 0.4) is 0 Å². The number of thiol groups is 1. The highest BCUT2D eigenvalue weighted by atomic mass is 32.1. The molecule has 2 rings (SSSR count). The summed E-state index contributed by atoms with van der Waals surface area (Å²) in [7, 11) is 1.52. The van der Waals surface area contributed by atoms with E-state index in [1.165, 1.54) is 12.0 Å². The van der Waals surface area contributed by atoms with Gasteiger partial charge in [-0.1, -0.05) is 0 Å². The highest BCUT2D eigenvalue weighted by Crippen LogP contribution is 2.33. The number of hydrogen-bond donors (Lipinski definition) is 2. The minimum absolute atomic E-state index is 0.0449. The third-order valence-corrected chi connectivity index (χ3v) is 3.02. The number of anilines is 1. The number of carboxylic acids is 1. The molecule has 1 unspecified atom stereocenters. The molecule has 17 heavy (non-hydrogen) atoms. The summed E-state index contributed by atoms with van der Waals surface area (Å²) in [4.78, 5) is 24.1. The maximum atomic E-state index is 11.4. The second-order valence-corrected chi connectivity index (χ2v) is 4.16. The van der Waals surface area contributed by atoms with E-state index < -0.39 is 12.0 Å². The van der Waals surface area contributed by atoms with Gasteiger partial charge in [-0.2, -0.15) is 0 Å². The molecule has 90 valence electrons. The first-order valence-corrected chi connectivity index (χ1v) is 5.41. The molecule has 1 heterocycles. The van der Waals surface area contributed by atoms with Crippen LogP contribution in [0.5, 0.6) is 5.75 Å². The van der Waals surface area contributed by atoms with Crippen LogP contribution in [0.1, 0.15) is 6.42 Å². The van der Waals surface area contributed by atoms with E-state index in [9.17, 15) is 9.59 Å². The van der Waals surface area contributed by atoms with Crippen LogP contribution in [-0.4, -0.2) is 30.1 Å². The molecule has 1 atom stereocenters. The molecule has 1 aliphatic heterocycles. The van der Waals surface area contributed by atoms with Crippen LogP contribution >= 0.6 is 12.6 Å². The van der Waals surface area contributed by atoms with Gasteiger partial charge in [0.25, 0.3) is 0 Å². The number of hydrogen-bond acceptors (Lipinski definition) is 4. The monoisotopic (exact) mass is 253 g/mol. The summed E-state index contributed by atoms with van der Waals surface area (Å²) in [5, 5.41) is 8.92. The zero-order chi connectivity index (χ0) is 12.6. The molecule has 1 N–H and O–H groups in total. The Bertz CT molecular complexity index is 488. The van der Waals surface area contributed by atoms with Crippen LogP contribution in [-0.2, 0) is 9.59 Å². The summed E-state index contributed by atoms with van der Waals surface area (Å²) < 4.78 is 5.04. The number of nitrogens with zero attached hydrogens (tertiary/aromatic N) is 1. The van der Waals surface area contributed by atoms with Crippen molar-refractivity contribution in [2.45, 2.75) is 17.4 Å². The number of aliphatic carboxylic acids is 1. The fourth-order valence-corrected chi connectivity index (χ4v) is 2.06. The Morgan fingerprint density at radius 2 is 2.29 bits per heavy atom. The Labute approximate surface area is 103 Å². The Morgan fingerprint density at radius 1 is 1.59 bits per heavy atom. The zero-order valence-electron chi connectivity index (χ0n) is 9.08. The lowest BCUT2D eigenvalue weighted by atomic mass is 10.0. The molecule has 1 aromatic carbocycles. The summed E-state index contributed by atoms with van der Waals surface area (Å²) in [6, 6.07) is 4.14. The number of carbonyl (C=O) groups excluding carboxylic acids is 1. The number of amides is 1. The van der Waals surface area contributed by atoms with E-state index in [0.29, 0.717) is 16.3 Å². The summed E-state index contributed by atoms with van der Waals surface area (Å²) in [5.74, 6) is -0.617. The Balaban J connectivity index is 2.31. The number of rotatable bonds is 3. The third kappa shape index (κ3) is 1.95. The molecular weight excluding hydrogens is 242 g/mol. The fraction of sp³-hybridized carbons (Fsp3) is 0.273. The van der Waals surface area contributed by atoms with Gasteiger partial charge in [-0.05, 0) is 18.2 Å². The second-order valence-electron chi connectivity index (χ2n) is 3.68. The van der Waals surface area contributed by atoms with Crippen LogP contribution < -0.4 is 9.64 Å². The molecule has 1 saturated heterocycles. The topological polar surface area (TPSA) is 66.8 Å². The van der Waals surface area contributed by atoms with Crippen molar-refractivity contribution in [2.75, 3.05) is 12.0 Å².